The van der Waals surface area contributed by atoms with E-state index in [1.54, 1.807) is 0 Å². The van der Waals surface area contributed by atoms with E-state index in [1.807, 2.05) is 31.5 Å². The van der Waals surface area contributed by atoms with Crippen molar-refractivity contribution in [2.45, 2.75) is 27.3 Å². The highest BCUT2D eigenvalue weighted by Crippen LogP contribution is 2.15. The van der Waals surface area contributed by atoms with Gasteiger partial charge in [0.25, 0.3) is 0 Å². The molecule has 4 nitrogen and oxygen atoms in total. The zero-order valence-corrected chi connectivity index (χ0v) is 9.81. The number of nitrogens with zero attached hydrogens (tertiary/aromatic N) is 2. The molecule has 0 aromatic carbocycles. The van der Waals surface area contributed by atoms with Crippen molar-refractivity contribution in [3.63, 3.8) is 0 Å². The molecule has 0 atom stereocenters. The summed E-state index contributed by atoms with van der Waals surface area (Å²) in [5.41, 5.74) is 3.14. The predicted octanol–water partition coefficient (Wildman–Crippen LogP) is 2.51. The van der Waals surface area contributed by atoms with Crippen molar-refractivity contribution in [2.24, 2.45) is 0 Å². The normalized spacial score (nSPS) is 10.9. The number of rotatable bonds is 2. The molecule has 0 aliphatic heterocycles. The monoisotopic (exact) mass is 223 g/mol. The lowest BCUT2D eigenvalue weighted by atomic mass is 10.2. The zero-order valence-electron chi connectivity index (χ0n) is 9.00. The molecule has 2 heterocycles. The van der Waals surface area contributed by atoms with Crippen LogP contribution in [0.15, 0.2) is 10.7 Å². The van der Waals surface area contributed by atoms with Gasteiger partial charge in [-0.05, 0) is 33.0 Å². The van der Waals surface area contributed by atoms with E-state index in [0.29, 0.717) is 0 Å². The number of aromatic amines is 1. The Hall–Kier alpha value is -1.36. The Bertz CT molecular complexity index is 516. The van der Waals surface area contributed by atoms with Crippen molar-refractivity contribution in [1.82, 2.24) is 14.7 Å². The molecule has 80 valence electrons. The summed E-state index contributed by atoms with van der Waals surface area (Å²) in [5.74, 6) is 0.856. The first-order valence-corrected chi connectivity index (χ1v) is 5.17. The molecular weight excluding hydrogens is 210 g/mol. The maximum absolute atomic E-state index is 5.19. The highest BCUT2D eigenvalue weighted by atomic mass is 32.1. The minimum Gasteiger partial charge on any atom is -0.361 e. The fourth-order valence-electron chi connectivity index (χ4n) is 1.56. The second kappa shape index (κ2) is 3.66. The number of nitrogens with one attached hydrogen (secondary N) is 1. The van der Waals surface area contributed by atoms with Crippen LogP contribution >= 0.6 is 12.2 Å². The Morgan fingerprint density at radius 3 is 2.67 bits per heavy atom. The van der Waals surface area contributed by atoms with Gasteiger partial charge in [0.1, 0.15) is 5.76 Å². The number of H-pyrrole nitrogens is 1. The van der Waals surface area contributed by atoms with Gasteiger partial charge in [-0.15, -0.1) is 0 Å². The van der Waals surface area contributed by atoms with Gasteiger partial charge >= 0.3 is 0 Å². The molecule has 0 aliphatic carbocycles. The Labute approximate surface area is 92.9 Å². The van der Waals surface area contributed by atoms with Crippen LogP contribution < -0.4 is 0 Å². The molecule has 0 bridgehead atoms. The van der Waals surface area contributed by atoms with E-state index in [4.69, 9.17) is 16.7 Å². The van der Waals surface area contributed by atoms with Gasteiger partial charge in [0.2, 0.25) is 0 Å². The van der Waals surface area contributed by atoms with Crippen molar-refractivity contribution in [3.8, 4) is 0 Å². The average molecular weight is 223 g/mol. The number of aryl methyl sites for hydroxylation is 3. The maximum atomic E-state index is 5.19. The van der Waals surface area contributed by atoms with E-state index in [0.717, 1.165) is 34.0 Å². The molecule has 0 unspecified atom stereocenters. The lowest BCUT2D eigenvalue weighted by molar-refractivity contribution is 0.392. The molecule has 2 aromatic rings. The summed E-state index contributed by atoms with van der Waals surface area (Å²) in [7, 11) is 0. The van der Waals surface area contributed by atoms with Crippen LogP contribution in [0.5, 0.6) is 0 Å². The summed E-state index contributed by atoms with van der Waals surface area (Å²) in [6.07, 6.45) is 1.90. The van der Waals surface area contributed by atoms with Crippen molar-refractivity contribution in [3.05, 3.63) is 33.7 Å². The van der Waals surface area contributed by atoms with Gasteiger partial charge in [-0.3, -0.25) is 0 Å². The first-order valence-electron chi connectivity index (χ1n) is 4.76. The second-order valence-electron chi connectivity index (χ2n) is 3.62. The third-order valence-electron chi connectivity index (χ3n) is 2.57. The van der Waals surface area contributed by atoms with Gasteiger partial charge in [-0.2, -0.15) is 0 Å². The molecule has 0 fully saturated rings. The number of hydrogen-bond donors (Lipinski definition) is 1. The molecule has 2 aromatic heterocycles. The standard InChI is InChI=1S/C10H13N3OS/c1-6-4-11-10(15)13(6)5-9-7(2)12-14-8(9)3/h4H,5H2,1-3H3,(H,11,15). The van der Waals surface area contributed by atoms with E-state index in [1.165, 1.54) is 0 Å². The largest absolute Gasteiger partial charge is 0.361 e. The van der Waals surface area contributed by atoms with E-state index >= 15 is 0 Å². The van der Waals surface area contributed by atoms with Crippen molar-refractivity contribution >= 4 is 12.2 Å². The zero-order chi connectivity index (χ0) is 11.0. The van der Waals surface area contributed by atoms with Crippen LogP contribution in [0.3, 0.4) is 0 Å². The average Bonchev–Trinajstić information content (AvgIpc) is 2.67. The molecule has 0 amide bonds. The van der Waals surface area contributed by atoms with Gasteiger partial charge in [-0.1, -0.05) is 5.16 Å². The van der Waals surface area contributed by atoms with E-state index in [9.17, 15) is 0 Å². The lowest BCUT2D eigenvalue weighted by Crippen LogP contribution is -2.03. The predicted molar refractivity (Wildman–Crippen MR) is 59.4 cm³/mol. The van der Waals surface area contributed by atoms with E-state index < -0.39 is 0 Å². The van der Waals surface area contributed by atoms with Crippen LogP contribution in [0.25, 0.3) is 0 Å². The van der Waals surface area contributed by atoms with Gasteiger partial charge in [0.15, 0.2) is 4.77 Å². The summed E-state index contributed by atoms with van der Waals surface area (Å²) >= 11 is 5.19. The maximum Gasteiger partial charge on any atom is 0.177 e. The third kappa shape index (κ3) is 1.74. The molecule has 0 radical (unpaired) electrons. The minimum absolute atomic E-state index is 0.718. The van der Waals surface area contributed by atoms with Crippen molar-refractivity contribution < 1.29 is 4.52 Å². The van der Waals surface area contributed by atoms with Gasteiger partial charge in [0, 0.05) is 17.5 Å². The van der Waals surface area contributed by atoms with Crippen LogP contribution in [0.1, 0.15) is 22.7 Å². The Morgan fingerprint density at radius 1 is 1.47 bits per heavy atom. The number of aromatic nitrogens is 3. The van der Waals surface area contributed by atoms with Crippen LogP contribution in [0.2, 0.25) is 0 Å². The van der Waals surface area contributed by atoms with E-state index in [2.05, 4.69) is 10.1 Å². The molecule has 0 saturated carbocycles. The second-order valence-corrected chi connectivity index (χ2v) is 4.01. The lowest BCUT2D eigenvalue weighted by Gasteiger charge is -2.04. The first-order chi connectivity index (χ1) is 7.09. The first kappa shape index (κ1) is 10.2. The molecule has 0 saturated heterocycles. The quantitative estimate of drug-likeness (QED) is 0.796. The van der Waals surface area contributed by atoms with Gasteiger partial charge in [-0.25, -0.2) is 0 Å². The summed E-state index contributed by atoms with van der Waals surface area (Å²) in [6, 6.07) is 0. The highest BCUT2D eigenvalue weighted by Gasteiger charge is 2.10. The summed E-state index contributed by atoms with van der Waals surface area (Å²) in [5, 5.41) is 3.92. The summed E-state index contributed by atoms with van der Waals surface area (Å²) in [6.45, 7) is 6.60. The SMILES string of the molecule is Cc1noc(C)c1Cn1c(C)c[nH]c1=S. The Balaban J connectivity index is 2.42. The summed E-state index contributed by atoms with van der Waals surface area (Å²) < 4.78 is 7.88. The molecule has 2 rings (SSSR count). The topological polar surface area (TPSA) is 46.8 Å². The third-order valence-corrected chi connectivity index (χ3v) is 2.91. The molecule has 15 heavy (non-hydrogen) atoms. The molecule has 0 spiro atoms. The van der Waals surface area contributed by atoms with Crippen molar-refractivity contribution in [2.75, 3.05) is 0 Å². The van der Waals surface area contributed by atoms with Crippen LogP contribution in [-0.4, -0.2) is 14.7 Å². The van der Waals surface area contributed by atoms with Crippen LogP contribution in [0, 0.1) is 25.5 Å². The fraction of sp³-hybridized carbons (Fsp3) is 0.400. The number of imidazole rings is 1. The minimum atomic E-state index is 0.718. The molecule has 1 N–H and O–H groups in total. The van der Waals surface area contributed by atoms with Crippen LogP contribution in [-0.2, 0) is 6.54 Å². The molecule has 0 aliphatic rings. The Morgan fingerprint density at radius 2 is 2.20 bits per heavy atom. The highest BCUT2D eigenvalue weighted by molar-refractivity contribution is 7.71. The summed E-state index contributed by atoms with van der Waals surface area (Å²) in [4.78, 5) is 3.02. The number of hydrogen-bond acceptors (Lipinski definition) is 3. The van der Waals surface area contributed by atoms with Gasteiger partial charge < -0.3 is 14.1 Å². The molecule has 5 heteroatoms. The fourth-order valence-corrected chi connectivity index (χ4v) is 1.83. The smallest absolute Gasteiger partial charge is 0.177 e. The van der Waals surface area contributed by atoms with E-state index in [-0.39, 0.29) is 0 Å². The van der Waals surface area contributed by atoms with Gasteiger partial charge in [0.05, 0.1) is 12.2 Å². The Kier molecular flexibility index (Phi) is 2.48. The van der Waals surface area contributed by atoms with Crippen LogP contribution in [0.4, 0.5) is 0 Å². The molecular formula is C10H13N3OS. The van der Waals surface area contributed by atoms with Crippen molar-refractivity contribution in [1.29, 1.82) is 0 Å².